The lowest BCUT2D eigenvalue weighted by Crippen LogP contribution is -2.30. The predicted molar refractivity (Wildman–Crippen MR) is 116 cm³/mol. The quantitative estimate of drug-likeness (QED) is 0.671. The molecule has 1 aliphatic rings. The van der Waals surface area contributed by atoms with Gasteiger partial charge in [-0.15, -0.1) is 11.3 Å². The summed E-state index contributed by atoms with van der Waals surface area (Å²) in [5.74, 6) is -0.427. The first-order chi connectivity index (χ1) is 14.0. The Morgan fingerprint density at radius 2 is 1.90 bits per heavy atom. The molecule has 29 heavy (non-hydrogen) atoms. The third kappa shape index (κ3) is 4.22. The number of amides is 2. The molecular weight excluding hydrogens is 382 g/mol. The van der Waals surface area contributed by atoms with E-state index < -0.39 is 0 Å². The lowest BCUT2D eigenvalue weighted by atomic mass is 10.1. The van der Waals surface area contributed by atoms with Crippen LogP contribution in [0.4, 0.5) is 5.69 Å². The number of likely N-dealkylation sites (tertiary alicyclic amines) is 1. The number of nitrogens with zero attached hydrogens (tertiary/aromatic N) is 2. The number of carbonyl (C=O) groups excluding carboxylic acids is 2. The highest BCUT2D eigenvalue weighted by Crippen LogP contribution is 2.29. The number of rotatable bonds is 5. The van der Waals surface area contributed by atoms with Gasteiger partial charge < -0.3 is 10.2 Å². The Bertz CT molecular complexity index is 1010. The van der Waals surface area contributed by atoms with Gasteiger partial charge in [-0.1, -0.05) is 42.5 Å². The van der Waals surface area contributed by atoms with E-state index in [2.05, 4.69) is 10.3 Å². The second-order valence-corrected chi connectivity index (χ2v) is 8.41. The molecule has 0 bridgehead atoms. The molecule has 0 saturated carbocycles. The lowest BCUT2D eigenvalue weighted by molar-refractivity contribution is -0.129. The number of benzene rings is 2. The van der Waals surface area contributed by atoms with E-state index in [0.717, 1.165) is 27.5 Å². The largest absolute Gasteiger partial charge is 0.335 e. The van der Waals surface area contributed by atoms with Gasteiger partial charge in [-0.25, -0.2) is 4.98 Å². The van der Waals surface area contributed by atoms with Crippen molar-refractivity contribution in [2.45, 2.75) is 26.3 Å². The number of hydrogen-bond donors (Lipinski definition) is 1. The summed E-state index contributed by atoms with van der Waals surface area (Å²) in [5.41, 5.74) is 3.77. The van der Waals surface area contributed by atoms with Crippen LogP contribution in [-0.4, -0.2) is 28.2 Å². The van der Waals surface area contributed by atoms with Gasteiger partial charge in [0.25, 0.3) is 0 Å². The highest BCUT2D eigenvalue weighted by molar-refractivity contribution is 7.09. The van der Waals surface area contributed by atoms with E-state index in [1.165, 1.54) is 0 Å². The van der Waals surface area contributed by atoms with E-state index in [-0.39, 0.29) is 30.2 Å². The zero-order valence-electron chi connectivity index (χ0n) is 16.5. The van der Waals surface area contributed by atoms with E-state index in [9.17, 15) is 9.59 Å². The Morgan fingerprint density at radius 3 is 2.55 bits per heavy atom. The maximum absolute atomic E-state index is 12.7. The monoisotopic (exact) mass is 405 g/mol. The molecular formula is C23H23N3O2S. The third-order valence-corrected chi connectivity index (χ3v) is 6.12. The summed E-state index contributed by atoms with van der Waals surface area (Å²) in [7, 11) is 0. The standard InChI is InChI=1S/C23H23N3O2S/c1-15(17-6-4-3-5-7-17)26-13-19(12-22(26)27)23(28)25-20-10-8-18(9-11-20)21-14-29-16(2)24-21/h3-11,14-15,19H,12-13H2,1-2H3,(H,25,28)/t15-,19+/m0/s1. The lowest BCUT2D eigenvalue weighted by Gasteiger charge is -2.25. The van der Waals surface area contributed by atoms with Crippen LogP contribution in [0.25, 0.3) is 11.3 Å². The van der Waals surface area contributed by atoms with Gasteiger partial charge >= 0.3 is 0 Å². The molecule has 0 unspecified atom stereocenters. The average molecular weight is 406 g/mol. The van der Waals surface area contributed by atoms with E-state index in [1.54, 1.807) is 16.2 Å². The second kappa shape index (κ2) is 8.17. The molecule has 1 aromatic heterocycles. The van der Waals surface area contributed by atoms with Crippen molar-refractivity contribution in [2.75, 3.05) is 11.9 Å². The summed E-state index contributed by atoms with van der Waals surface area (Å²) in [4.78, 5) is 31.5. The molecule has 1 saturated heterocycles. The number of hydrogen-bond acceptors (Lipinski definition) is 4. The summed E-state index contributed by atoms with van der Waals surface area (Å²) >= 11 is 1.61. The minimum Gasteiger partial charge on any atom is -0.335 e. The molecule has 0 spiro atoms. The van der Waals surface area contributed by atoms with Crippen LogP contribution in [0, 0.1) is 12.8 Å². The van der Waals surface area contributed by atoms with Crippen molar-refractivity contribution < 1.29 is 9.59 Å². The highest BCUT2D eigenvalue weighted by atomic mass is 32.1. The molecule has 1 N–H and O–H groups in total. The Morgan fingerprint density at radius 1 is 1.17 bits per heavy atom. The van der Waals surface area contributed by atoms with Gasteiger partial charge in [-0.3, -0.25) is 9.59 Å². The van der Waals surface area contributed by atoms with E-state index in [0.29, 0.717) is 6.54 Å². The molecule has 148 valence electrons. The van der Waals surface area contributed by atoms with Crippen LogP contribution in [0.5, 0.6) is 0 Å². The molecule has 2 aromatic carbocycles. The predicted octanol–water partition coefficient (Wildman–Crippen LogP) is 4.67. The molecule has 6 heteroatoms. The molecule has 4 rings (SSSR count). The van der Waals surface area contributed by atoms with Crippen LogP contribution in [0.1, 0.15) is 30.0 Å². The summed E-state index contributed by atoms with van der Waals surface area (Å²) in [6, 6.07) is 17.5. The van der Waals surface area contributed by atoms with Gasteiger partial charge in [-0.2, -0.15) is 0 Å². The average Bonchev–Trinajstić information content (AvgIpc) is 3.34. The molecule has 5 nitrogen and oxygen atoms in total. The topological polar surface area (TPSA) is 62.3 Å². The van der Waals surface area contributed by atoms with Crippen molar-refractivity contribution in [2.24, 2.45) is 5.92 Å². The Balaban J connectivity index is 1.39. The van der Waals surface area contributed by atoms with Crippen molar-refractivity contribution in [3.05, 3.63) is 70.5 Å². The number of thiazole rings is 1. The number of carbonyl (C=O) groups is 2. The summed E-state index contributed by atoms with van der Waals surface area (Å²) in [6.07, 6.45) is 0.249. The maximum atomic E-state index is 12.7. The van der Waals surface area contributed by atoms with Gasteiger partial charge in [0, 0.05) is 29.6 Å². The maximum Gasteiger partial charge on any atom is 0.229 e. The SMILES string of the molecule is Cc1nc(-c2ccc(NC(=O)[C@@H]3CC(=O)N([C@@H](C)c4ccccc4)C3)cc2)cs1. The first-order valence-corrected chi connectivity index (χ1v) is 10.6. The van der Waals surface area contributed by atoms with Crippen molar-refractivity contribution in [3.63, 3.8) is 0 Å². The van der Waals surface area contributed by atoms with Crippen molar-refractivity contribution >= 4 is 28.8 Å². The zero-order valence-corrected chi connectivity index (χ0v) is 17.3. The van der Waals surface area contributed by atoms with Gasteiger partial charge in [-0.05, 0) is 31.5 Å². The fourth-order valence-corrected chi connectivity index (χ4v) is 4.28. The Kier molecular flexibility index (Phi) is 5.45. The minimum absolute atomic E-state index is 0.0238. The summed E-state index contributed by atoms with van der Waals surface area (Å²) < 4.78 is 0. The van der Waals surface area contributed by atoms with Gasteiger partial charge in [0.05, 0.1) is 22.7 Å². The smallest absolute Gasteiger partial charge is 0.229 e. The van der Waals surface area contributed by atoms with Crippen LogP contribution in [0.2, 0.25) is 0 Å². The van der Waals surface area contributed by atoms with Crippen LogP contribution < -0.4 is 5.32 Å². The highest BCUT2D eigenvalue weighted by Gasteiger charge is 2.37. The molecule has 0 radical (unpaired) electrons. The number of aromatic nitrogens is 1. The number of nitrogens with one attached hydrogen (secondary N) is 1. The fraction of sp³-hybridized carbons (Fsp3) is 0.261. The van der Waals surface area contributed by atoms with Gasteiger partial charge in [0.2, 0.25) is 11.8 Å². The molecule has 2 amide bonds. The van der Waals surface area contributed by atoms with Gasteiger partial charge in [0.1, 0.15) is 0 Å². The molecule has 0 aliphatic carbocycles. The van der Waals surface area contributed by atoms with Crippen molar-refractivity contribution in [1.29, 1.82) is 0 Å². The Labute approximate surface area is 174 Å². The fourth-order valence-electron chi connectivity index (χ4n) is 3.66. The number of aryl methyl sites for hydroxylation is 1. The molecule has 3 aromatic rings. The summed E-state index contributed by atoms with van der Waals surface area (Å²) in [5, 5.41) is 6.00. The molecule has 1 aliphatic heterocycles. The van der Waals surface area contributed by atoms with Gasteiger partial charge in [0.15, 0.2) is 0 Å². The Hall–Kier alpha value is -2.99. The number of anilines is 1. The van der Waals surface area contributed by atoms with Crippen LogP contribution >= 0.6 is 11.3 Å². The first-order valence-electron chi connectivity index (χ1n) is 9.69. The molecule has 2 atom stereocenters. The normalized spacial score (nSPS) is 17.4. The van der Waals surface area contributed by atoms with Crippen molar-refractivity contribution in [1.82, 2.24) is 9.88 Å². The van der Waals surface area contributed by atoms with E-state index in [4.69, 9.17) is 0 Å². The minimum atomic E-state index is -0.338. The second-order valence-electron chi connectivity index (χ2n) is 7.35. The first kappa shape index (κ1) is 19.3. The van der Waals surface area contributed by atoms with Crippen LogP contribution in [0.3, 0.4) is 0 Å². The third-order valence-electron chi connectivity index (χ3n) is 5.35. The van der Waals surface area contributed by atoms with E-state index in [1.807, 2.05) is 73.8 Å². The van der Waals surface area contributed by atoms with Crippen LogP contribution in [-0.2, 0) is 9.59 Å². The summed E-state index contributed by atoms with van der Waals surface area (Å²) in [6.45, 7) is 4.43. The van der Waals surface area contributed by atoms with Crippen LogP contribution in [0.15, 0.2) is 60.0 Å². The zero-order chi connectivity index (χ0) is 20.4. The van der Waals surface area contributed by atoms with Crippen molar-refractivity contribution in [3.8, 4) is 11.3 Å². The molecule has 2 heterocycles. The van der Waals surface area contributed by atoms with E-state index >= 15 is 0 Å². The molecule has 1 fully saturated rings.